The second-order valence-corrected chi connectivity index (χ2v) is 18.7. The molecule has 0 bridgehead atoms. The molecule has 0 amide bonds. The number of hydrogen-bond acceptors (Lipinski definition) is 12. The number of benzene rings is 2. The number of fused-ring (bicyclic) bond motifs is 8. The number of pyridine rings is 1. The highest BCUT2D eigenvalue weighted by Gasteiger charge is 2.80. The van der Waals surface area contributed by atoms with E-state index < -0.39 is 94.1 Å². The number of nitrogens with zero attached hydrogens (tertiary/aromatic N) is 1. The maximum absolute atomic E-state index is 17.7. The number of carbonyl (C=O) groups excluding carboxylic acids is 5. The Hall–Kier alpha value is -5.02. The maximum atomic E-state index is 17.7. The third-order valence-corrected chi connectivity index (χ3v) is 14.7. The molecular formula is C49H54F2N2O10. The van der Waals surface area contributed by atoms with Crippen LogP contribution in [0.3, 0.4) is 0 Å². The largest absolute Gasteiger partial charge is 0.465 e. The van der Waals surface area contributed by atoms with E-state index in [9.17, 15) is 29.1 Å². The fraction of sp³-hybridized carbons (Fsp3) is 0.510. The van der Waals surface area contributed by atoms with Gasteiger partial charge < -0.3 is 29.8 Å². The van der Waals surface area contributed by atoms with Crippen LogP contribution in [0, 0.1) is 22.7 Å². The minimum atomic E-state index is -2.36. The number of hydrogen-bond donors (Lipinski definition) is 2. The van der Waals surface area contributed by atoms with Gasteiger partial charge >= 0.3 is 11.9 Å². The van der Waals surface area contributed by atoms with Crippen molar-refractivity contribution >= 4 is 40.1 Å². The molecule has 1 aliphatic heterocycles. The van der Waals surface area contributed by atoms with Gasteiger partial charge in [-0.3, -0.25) is 29.0 Å². The highest BCUT2D eigenvalue weighted by molar-refractivity contribution is 6.01. The molecule has 63 heavy (non-hydrogen) atoms. The molecule has 14 heteroatoms. The SMILES string of the molecule is CC1(C)O[C@@H]2C[C@H]3[C@@H]4C[C@H](F)C5=CC(=O)C=C[C@]5(C)[C@@]4(F)[C@@H](O)C[C@]3(C)[C@]2(C(=O)COC(=O)CCC(=O)OCCc2ccc(C(CN)C(=O)Cc3ccc4cnccc4c3)cc2)O1. The van der Waals surface area contributed by atoms with E-state index in [-0.39, 0.29) is 63.0 Å². The summed E-state index contributed by atoms with van der Waals surface area (Å²) in [5.74, 6) is -6.04. The van der Waals surface area contributed by atoms with Crippen molar-refractivity contribution in [1.82, 2.24) is 4.98 Å². The predicted molar refractivity (Wildman–Crippen MR) is 225 cm³/mol. The topological polar surface area (TPSA) is 181 Å². The summed E-state index contributed by atoms with van der Waals surface area (Å²) in [6.45, 7) is 5.96. The molecule has 2 heterocycles. The second kappa shape index (κ2) is 16.5. The van der Waals surface area contributed by atoms with Crippen LogP contribution >= 0.6 is 0 Å². The second-order valence-electron chi connectivity index (χ2n) is 18.7. The van der Waals surface area contributed by atoms with Gasteiger partial charge in [0.15, 0.2) is 29.4 Å². The lowest BCUT2D eigenvalue weighted by Crippen LogP contribution is -2.71. The van der Waals surface area contributed by atoms with Crippen LogP contribution in [0.25, 0.3) is 10.8 Å². The first-order valence-electron chi connectivity index (χ1n) is 21.7. The normalized spacial score (nSPS) is 33.0. The lowest BCUT2D eigenvalue weighted by atomic mass is 9.44. The lowest BCUT2D eigenvalue weighted by Gasteiger charge is -2.63. The van der Waals surface area contributed by atoms with Crippen molar-refractivity contribution in [2.45, 2.75) is 114 Å². The van der Waals surface area contributed by atoms with Crippen LogP contribution in [0.15, 0.2) is 84.7 Å². The summed E-state index contributed by atoms with van der Waals surface area (Å²) < 4.78 is 57.2. The molecule has 2 aromatic carbocycles. The Kier molecular flexibility index (Phi) is 11.7. The molecule has 4 aliphatic carbocycles. The number of ether oxygens (including phenoxy) is 4. The van der Waals surface area contributed by atoms with Crippen LogP contribution in [0.4, 0.5) is 8.78 Å². The summed E-state index contributed by atoms with van der Waals surface area (Å²) >= 11 is 0. The van der Waals surface area contributed by atoms with Gasteiger partial charge in [0.25, 0.3) is 0 Å². The van der Waals surface area contributed by atoms with Gasteiger partial charge in [0, 0.05) is 53.9 Å². The van der Waals surface area contributed by atoms with Crippen molar-refractivity contribution in [2.24, 2.45) is 28.4 Å². The number of esters is 2. The molecule has 1 saturated heterocycles. The van der Waals surface area contributed by atoms with Crippen molar-refractivity contribution in [2.75, 3.05) is 19.8 Å². The average molecular weight is 869 g/mol. The number of rotatable bonds is 14. The van der Waals surface area contributed by atoms with Gasteiger partial charge in [-0.2, -0.15) is 0 Å². The first-order chi connectivity index (χ1) is 29.8. The van der Waals surface area contributed by atoms with Gasteiger partial charge in [0.05, 0.1) is 37.6 Å². The monoisotopic (exact) mass is 868 g/mol. The van der Waals surface area contributed by atoms with Crippen molar-refractivity contribution < 1.29 is 56.8 Å². The van der Waals surface area contributed by atoms with E-state index in [2.05, 4.69) is 4.98 Å². The van der Waals surface area contributed by atoms with E-state index in [1.807, 2.05) is 48.5 Å². The summed E-state index contributed by atoms with van der Waals surface area (Å²) in [5.41, 5.74) is 1.60. The molecule has 5 aliphatic rings. The number of halogens is 2. The van der Waals surface area contributed by atoms with E-state index in [1.165, 1.54) is 19.1 Å². The number of nitrogens with two attached hydrogens (primary N) is 1. The zero-order valence-electron chi connectivity index (χ0n) is 35.9. The summed E-state index contributed by atoms with van der Waals surface area (Å²) in [5, 5.41) is 13.8. The van der Waals surface area contributed by atoms with Gasteiger partial charge in [-0.25, -0.2) is 8.78 Å². The molecule has 3 aromatic rings. The minimum Gasteiger partial charge on any atom is -0.465 e. The van der Waals surface area contributed by atoms with E-state index in [4.69, 9.17) is 24.7 Å². The fourth-order valence-corrected chi connectivity index (χ4v) is 11.6. The van der Waals surface area contributed by atoms with Gasteiger partial charge in [-0.15, -0.1) is 0 Å². The van der Waals surface area contributed by atoms with Crippen molar-refractivity contribution in [1.29, 1.82) is 0 Å². The molecule has 1 aromatic heterocycles. The molecule has 0 spiro atoms. The van der Waals surface area contributed by atoms with Crippen LogP contribution in [-0.4, -0.2) is 94.6 Å². The van der Waals surface area contributed by atoms with Crippen LogP contribution in [0.1, 0.15) is 82.4 Å². The van der Waals surface area contributed by atoms with Crippen molar-refractivity contribution in [3.05, 3.63) is 101 Å². The number of aliphatic hydroxyl groups excluding tert-OH is 1. The zero-order valence-corrected chi connectivity index (χ0v) is 35.9. The summed E-state index contributed by atoms with van der Waals surface area (Å²) in [6.07, 6.45) is 2.48. The van der Waals surface area contributed by atoms with Crippen LogP contribution in [0.2, 0.25) is 0 Å². The Morgan fingerprint density at radius 2 is 1.67 bits per heavy atom. The molecule has 10 atom stereocenters. The van der Waals surface area contributed by atoms with Crippen molar-refractivity contribution in [3.63, 3.8) is 0 Å². The van der Waals surface area contributed by atoms with Crippen LogP contribution in [-0.2, 0) is 55.8 Å². The Morgan fingerprint density at radius 1 is 0.952 bits per heavy atom. The van der Waals surface area contributed by atoms with Gasteiger partial charge in [0.1, 0.15) is 12.0 Å². The third-order valence-electron chi connectivity index (χ3n) is 14.7. The van der Waals surface area contributed by atoms with Crippen LogP contribution in [0.5, 0.6) is 0 Å². The highest BCUT2D eigenvalue weighted by Crippen LogP contribution is 2.72. The number of ketones is 3. The molecule has 0 radical (unpaired) electrons. The fourth-order valence-electron chi connectivity index (χ4n) is 11.6. The molecule has 1 unspecified atom stereocenters. The van der Waals surface area contributed by atoms with E-state index >= 15 is 8.78 Å². The maximum Gasteiger partial charge on any atom is 0.306 e. The summed E-state index contributed by atoms with van der Waals surface area (Å²) in [6, 6.07) is 15.2. The standard InChI is InChI=1S/C49H54F2N2O10/c1-45(2)62-42-23-35-36-22-38(50)37-21-33(54)13-16-46(37,3)48(36,51)40(56)24-47(35,4)49(42,63-45)41(57)27-61-44(59)12-11-43(58)60-18-15-28-5-8-30(9-6-28)34(25-52)39(55)20-29-7-10-32-26-53-17-14-31(32)19-29/h5-10,13-14,16-17,19,21,26,34-36,38,40,42,56H,11-12,15,18,20,22-25,27,52H2,1-4H3/t34?,35-,36-,38-,40-,42+,46-,47-,48-,49+/m0/s1. The van der Waals surface area contributed by atoms with Crippen molar-refractivity contribution in [3.8, 4) is 0 Å². The Morgan fingerprint density at radius 3 is 2.40 bits per heavy atom. The van der Waals surface area contributed by atoms with Gasteiger partial charge in [0.2, 0.25) is 5.78 Å². The Labute approximate surface area is 364 Å². The van der Waals surface area contributed by atoms with Gasteiger partial charge in [-0.1, -0.05) is 55.5 Å². The molecule has 334 valence electrons. The van der Waals surface area contributed by atoms with E-state index in [1.54, 1.807) is 33.2 Å². The first kappa shape index (κ1) is 44.6. The molecule has 3 N–H and O–H groups in total. The highest BCUT2D eigenvalue weighted by atomic mass is 19.1. The van der Waals surface area contributed by atoms with E-state index in [0.29, 0.717) is 6.42 Å². The first-order valence-corrected chi connectivity index (χ1v) is 21.7. The molecule has 4 fully saturated rings. The number of carbonyl (C=O) groups is 5. The smallest absolute Gasteiger partial charge is 0.306 e. The summed E-state index contributed by atoms with van der Waals surface area (Å²) in [4.78, 5) is 69.5. The third kappa shape index (κ3) is 7.56. The Balaban J connectivity index is 0.836. The van der Waals surface area contributed by atoms with Gasteiger partial charge in [-0.05, 0) is 91.8 Å². The number of aliphatic hydroxyl groups is 1. The average Bonchev–Trinajstić information content (AvgIpc) is 3.66. The minimum absolute atomic E-state index is 0.00432. The molecule has 8 rings (SSSR count). The van der Waals surface area contributed by atoms with E-state index in [0.717, 1.165) is 33.5 Å². The number of alkyl halides is 2. The number of Topliss-reactive ketones (excluding diaryl/α,β-unsaturated/α-hetero) is 2. The molecule has 12 nitrogen and oxygen atoms in total. The quantitative estimate of drug-likeness (QED) is 0.184. The number of allylic oxidation sites excluding steroid dienone is 4. The Bertz CT molecular complexity index is 2400. The molecule has 3 saturated carbocycles. The zero-order chi connectivity index (χ0) is 45.1. The number of aromatic nitrogens is 1. The predicted octanol–water partition coefficient (Wildman–Crippen LogP) is 5.89. The molecular weight excluding hydrogens is 815 g/mol. The van der Waals surface area contributed by atoms with Crippen LogP contribution < -0.4 is 5.73 Å². The lowest BCUT2D eigenvalue weighted by molar-refractivity contribution is -0.249. The summed E-state index contributed by atoms with van der Waals surface area (Å²) in [7, 11) is 0.